The molecule has 1 heterocycles. The molecule has 0 aliphatic carbocycles. The minimum atomic E-state index is -1.07. The highest BCUT2D eigenvalue weighted by atomic mass is 35.5. The molecule has 0 fully saturated rings. The van der Waals surface area contributed by atoms with Gasteiger partial charge in [-0.2, -0.15) is 4.37 Å². The number of carbonyl (C=O) groups is 1. The van der Waals surface area contributed by atoms with E-state index in [2.05, 4.69) is 4.37 Å². The molecule has 28 heavy (non-hydrogen) atoms. The van der Waals surface area contributed by atoms with Crippen LogP contribution in [0.1, 0.15) is 15.9 Å². The predicted octanol–water partition coefficient (Wildman–Crippen LogP) is 6.64. The van der Waals surface area contributed by atoms with Crippen LogP contribution in [0.25, 0.3) is 21.7 Å². The highest BCUT2D eigenvalue weighted by Gasteiger charge is 2.25. The zero-order valence-corrected chi connectivity index (χ0v) is 15.9. The van der Waals surface area contributed by atoms with E-state index in [0.717, 1.165) is 17.7 Å². The van der Waals surface area contributed by atoms with Crippen molar-refractivity contribution in [2.24, 2.45) is 0 Å². The van der Waals surface area contributed by atoms with E-state index in [0.29, 0.717) is 26.7 Å². The number of halogens is 3. The molecule has 0 saturated heterocycles. The standard InChI is InChI=1S/C22H12ClF2NOS/c23-16-9-5-4-8-15(16)20-19(21(27)14-10-11-17(24)18(25)12-14)22(28-26-20)13-6-2-1-3-7-13/h1-12H. The smallest absolute Gasteiger partial charge is 0.196 e. The number of benzene rings is 3. The molecule has 0 aliphatic rings. The van der Waals surface area contributed by atoms with Crippen molar-refractivity contribution in [3.05, 3.63) is 101 Å². The van der Waals surface area contributed by atoms with Gasteiger partial charge >= 0.3 is 0 Å². The lowest BCUT2D eigenvalue weighted by molar-refractivity contribution is 0.103. The first-order valence-corrected chi connectivity index (χ1v) is 9.51. The van der Waals surface area contributed by atoms with E-state index in [-0.39, 0.29) is 5.56 Å². The average molecular weight is 412 g/mol. The summed E-state index contributed by atoms with van der Waals surface area (Å²) >= 11 is 7.49. The molecule has 1 aromatic heterocycles. The Labute approximate surface area is 169 Å². The van der Waals surface area contributed by atoms with Gasteiger partial charge in [0.25, 0.3) is 0 Å². The maximum absolute atomic E-state index is 13.7. The van der Waals surface area contributed by atoms with Crippen molar-refractivity contribution in [1.82, 2.24) is 4.37 Å². The van der Waals surface area contributed by atoms with E-state index in [1.807, 2.05) is 30.3 Å². The number of hydrogen-bond donors (Lipinski definition) is 0. The number of aromatic nitrogens is 1. The number of hydrogen-bond acceptors (Lipinski definition) is 3. The van der Waals surface area contributed by atoms with Gasteiger partial charge in [0.2, 0.25) is 0 Å². The summed E-state index contributed by atoms with van der Waals surface area (Å²) in [6.45, 7) is 0. The monoisotopic (exact) mass is 411 g/mol. The number of rotatable bonds is 4. The number of carbonyl (C=O) groups excluding carboxylic acids is 1. The summed E-state index contributed by atoms with van der Waals surface area (Å²) < 4.78 is 31.5. The quantitative estimate of drug-likeness (QED) is 0.352. The molecule has 4 aromatic rings. The van der Waals surface area contributed by atoms with E-state index >= 15 is 0 Å². The van der Waals surface area contributed by atoms with Crippen LogP contribution in [-0.2, 0) is 0 Å². The SMILES string of the molecule is O=C(c1ccc(F)c(F)c1)c1c(-c2ccccc2Cl)nsc1-c1ccccc1. The second kappa shape index (κ2) is 7.62. The van der Waals surface area contributed by atoms with Gasteiger partial charge in [0.15, 0.2) is 17.4 Å². The third-order valence-corrected chi connectivity index (χ3v) is 5.49. The zero-order valence-electron chi connectivity index (χ0n) is 14.3. The summed E-state index contributed by atoms with van der Waals surface area (Å²) in [5, 5.41) is 0.451. The van der Waals surface area contributed by atoms with Crippen molar-refractivity contribution in [2.75, 3.05) is 0 Å². The van der Waals surface area contributed by atoms with Crippen LogP contribution in [-0.4, -0.2) is 10.2 Å². The summed E-state index contributed by atoms with van der Waals surface area (Å²) in [4.78, 5) is 13.9. The first kappa shape index (κ1) is 18.5. The fraction of sp³-hybridized carbons (Fsp3) is 0. The number of nitrogens with zero attached hydrogens (tertiary/aromatic N) is 1. The molecule has 2 nitrogen and oxygen atoms in total. The summed E-state index contributed by atoms with van der Waals surface area (Å²) in [5.41, 5.74) is 2.20. The molecule has 6 heteroatoms. The van der Waals surface area contributed by atoms with Gasteiger partial charge in [-0.15, -0.1) is 0 Å². The fourth-order valence-corrected chi connectivity index (χ4v) is 4.03. The van der Waals surface area contributed by atoms with Crippen LogP contribution in [0, 0.1) is 11.6 Å². The largest absolute Gasteiger partial charge is 0.288 e. The molecular weight excluding hydrogens is 400 g/mol. The van der Waals surface area contributed by atoms with E-state index < -0.39 is 17.4 Å². The Bertz CT molecular complexity index is 1170. The lowest BCUT2D eigenvalue weighted by atomic mass is 9.96. The van der Waals surface area contributed by atoms with Crippen molar-refractivity contribution >= 4 is 28.9 Å². The third kappa shape index (κ3) is 3.35. The lowest BCUT2D eigenvalue weighted by Gasteiger charge is -2.08. The van der Waals surface area contributed by atoms with Crippen molar-refractivity contribution in [3.8, 4) is 21.7 Å². The molecule has 0 saturated carbocycles. The maximum Gasteiger partial charge on any atom is 0.196 e. The molecule has 3 aromatic carbocycles. The molecular formula is C22H12ClF2NOS. The van der Waals surface area contributed by atoms with Gasteiger partial charge in [0.05, 0.1) is 21.2 Å². The van der Waals surface area contributed by atoms with Gasteiger partial charge < -0.3 is 0 Å². The van der Waals surface area contributed by atoms with Crippen LogP contribution < -0.4 is 0 Å². The summed E-state index contributed by atoms with van der Waals surface area (Å²) in [7, 11) is 0. The fourth-order valence-electron chi connectivity index (χ4n) is 2.91. The Morgan fingerprint density at radius 3 is 2.32 bits per heavy atom. The molecule has 0 spiro atoms. The number of ketones is 1. The van der Waals surface area contributed by atoms with Crippen LogP contribution >= 0.6 is 23.1 Å². The van der Waals surface area contributed by atoms with E-state index in [4.69, 9.17) is 11.6 Å². The van der Waals surface area contributed by atoms with Crippen molar-refractivity contribution < 1.29 is 13.6 Å². The molecule has 0 bridgehead atoms. The minimum absolute atomic E-state index is 0.0459. The Morgan fingerprint density at radius 1 is 0.893 bits per heavy atom. The van der Waals surface area contributed by atoms with Gasteiger partial charge in [0.1, 0.15) is 0 Å². The lowest BCUT2D eigenvalue weighted by Crippen LogP contribution is -2.05. The topological polar surface area (TPSA) is 30.0 Å². The van der Waals surface area contributed by atoms with Crippen molar-refractivity contribution in [1.29, 1.82) is 0 Å². The maximum atomic E-state index is 13.7. The molecule has 138 valence electrons. The van der Waals surface area contributed by atoms with Crippen LogP contribution in [0.2, 0.25) is 5.02 Å². The van der Waals surface area contributed by atoms with Crippen molar-refractivity contribution in [3.63, 3.8) is 0 Å². The Balaban J connectivity index is 1.95. The van der Waals surface area contributed by atoms with Crippen molar-refractivity contribution in [2.45, 2.75) is 0 Å². The van der Waals surface area contributed by atoms with Crippen LogP contribution in [0.15, 0.2) is 72.8 Å². The summed E-state index contributed by atoms with van der Waals surface area (Å²) in [6, 6.07) is 19.5. The van der Waals surface area contributed by atoms with Gasteiger partial charge in [0, 0.05) is 11.1 Å². The summed E-state index contributed by atoms with van der Waals surface area (Å²) in [6.07, 6.45) is 0. The minimum Gasteiger partial charge on any atom is -0.288 e. The highest BCUT2D eigenvalue weighted by Crippen LogP contribution is 2.39. The highest BCUT2D eigenvalue weighted by molar-refractivity contribution is 7.10. The van der Waals surface area contributed by atoms with Crippen LogP contribution in [0.3, 0.4) is 0 Å². The van der Waals surface area contributed by atoms with Gasteiger partial charge in [-0.05, 0) is 41.4 Å². The van der Waals surface area contributed by atoms with E-state index in [1.54, 1.807) is 24.3 Å². The normalized spacial score (nSPS) is 10.8. The van der Waals surface area contributed by atoms with Gasteiger partial charge in [-0.3, -0.25) is 4.79 Å². The molecule has 0 unspecified atom stereocenters. The van der Waals surface area contributed by atoms with Gasteiger partial charge in [-0.25, -0.2) is 8.78 Å². The average Bonchev–Trinajstić information content (AvgIpc) is 3.15. The molecule has 0 radical (unpaired) electrons. The third-order valence-electron chi connectivity index (χ3n) is 4.27. The van der Waals surface area contributed by atoms with E-state index in [1.165, 1.54) is 17.6 Å². The molecule has 0 atom stereocenters. The Kier molecular flexibility index (Phi) is 5.03. The predicted molar refractivity (Wildman–Crippen MR) is 108 cm³/mol. The molecule has 0 N–H and O–H groups in total. The molecule has 0 aliphatic heterocycles. The second-order valence-corrected chi connectivity index (χ2v) is 7.22. The van der Waals surface area contributed by atoms with Crippen LogP contribution in [0.4, 0.5) is 8.78 Å². The first-order chi connectivity index (χ1) is 13.6. The second-order valence-electron chi connectivity index (χ2n) is 6.04. The zero-order chi connectivity index (χ0) is 19.7. The van der Waals surface area contributed by atoms with E-state index in [9.17, 15) is 13.6 Å². The first-order valence-electron chi connectivity index (χ1n) is 8.36. The Hall–Kier alpha value is -2.89. The molecule has 4 rings (SSSR count). The van der Waals surface area contributed by atoms with Crippen LogP contribution in [0.5, 0.6) is 0 Å². The van der Waals surface area contributed by atoms with Gasteiger partial charge in [-0.1, -0.05) is 60.1 Å². The summed E-state index contributed by atoms with van der Waals surface area (Å²) in [5.74, 6) is -2.52. The Morgan fingerprint density at radius 2 is 1.61 bits per heavy atom. The molecule has 0 amide bonds.